The highest BCUT2D eigenvalue weighted by Gasteiger charge is 2.31. The van der Waals surface area contributed by atoms with Crippen molar-refractivity contribution in [2.24, 2.45) is 0 Å². The van der Waals surface area contributed by atoms with Crippen molar-refractivity contribution in [1.29, 1.82) is 0 Å². The van der Waals surface area contributed by atoms with E-state index in [9.17, 15) is 18.0 Å². The Balaban J connectivity index is 1.63. The first-order valence-corrected chi connectivity index (χ1v) is 8.40. The predicted octanol–water partition coefficient (Wildman–Crippen LogP) is 2.46. The van der Waals surface area contributed by atoms with Gasteiger partial charge in [-0.1, -0.05) is 0 Å². The van der Waals surface area contributed by atoms with Gasteiger partial charge in [0.05, 0.1) is 5.56 Å². The Morgan fingerprint density at radius 2 is 2.08 bits per heavy atom. The number of alkyl halides is 3. The lowest BCUT2D eigenvalue weighted by Gasteiger charge is -2.34. The van der Waals surface area contributed by atoms with Crippen molar-refractivity contribution in [3.8, 4) is 0 Å². The molecule has 0 aromatic carbocycles. The molecule has 1 aromatic rings. The molecule has 3 heterocycles. The Morgan fingerprint density at radius 3 is 2.73 bits per heavy atom. The second kappa shape index (κ2) is 7.43. The van der Waals surface area contributed by atoms with Crippen molar-refractivity contribution in [1.82, 2.24) is 10.3 Å². The van der Waals surface area contributed by atoms with Crippen molar-refractivity contribution in [2.75, 3.05) is 31.2 Å². The number of allylic oxidation sites excluding steroid dienone is 1. The highest BCUT2D eigenvalue weighted by atomic mass is 19.4. The van der Waals surface area contributed by atoms with E-state index < -0.39 is 11.7 Å². The predicted molar refractivity (Wildman–Crippen MR) is 87.2 cm³/mol. The molecule has 1 fully saturated rings. The van der Waals surface area contributed by atoms with Gasteiger partial charge < -0.3 is 19.7 Å². The monoisotopic (exact) mass is 371 g/mol. The van der Waals surface area contributed by atoms with Gasteiger partial charge in [-0.3, -0.25) is 4.79 Å². The van der Waals surface area contributed by atoms with Gasteiger partial charge in [0.2, 0.25) is 5.76 Å². The third kappa shape index (κ3) is 4.20. The summed E-state index contributed by atoms with van der Waals surface area (Å²) in [5, 5.41) is 2.90. The number of hydrogen-bond donors (Lipinski definition) is 1. The number of carbonyl (C=O) groups excluding carboxylic acids is 1. The number of hydrogen-bond acceptors (Lipinski definition) is 5. The number of piperidine rings is 1. The topological polar surface area (TPSA) is 63.7 Å². The number of ether oxygens (including phenoxy) is 2. The van der Waals surface area contributed by atoms with Crippen molar-refractivity contribution in [3.63, 3.8) is 0 Å². The number of aromatic nitrogens is 1. The van der Waals surface area contributed by atoms with Crippen molar-refractivity contribution in [2.45, 2.75) is 32.0 Å². The van der Waals surface area contributed by atoms with Gasteiger partial charge >= 0.3 is 6.18 Å². The van der Waals surface area contributed by atoms with Gasteiger partial charge in [-0.2, -0.15) is 13.2 Å². The number of rotatable bonds is 3. The maximum Gasteiger partial charge on any atom is 0.417 e. The number of nitrogens with one attached hydrogen (secondary N) is 1. The van der Waals surface area contributed by atoms with Crippen LogP contribution in [0.15, 0.2) is 29.8 Å². The maximum atomic E-state index is 12.6. The molecule has 0 spiro atoms. The molecule has 0 aliphatic carbocycles. The Kier molecular flexibility index (Phi) is 5.24. The summed E-state index contributed by atoms with van der Waals surface area (Å²) < 4.78 is 48.6. The van der Waals surface area contributed by atoms with E-state index >= 15 is 0 Å². The molecule has 1 atom stereocenters. The highest BCUT2D eigenvalue weighted by Crippen LogP contribution is 2.29. The molecule has 26 heavy (non-hydrogen) atoms. The number of nitrogens with zero attached hydrogens (tertiary/aromatic N) is 2. The van der Waals surface area contributed by atoms with E-state index in [1.54, 1.807) is 6.92 Å². The first-order valence-electron chi connectivity index (χ1n) is 8.40. The van der Waals surface area contributed by atoms with E-state index in [4.69, 9.17) is 9.47 Å². The summed E-state index contributed by atoms with van der Waals surface area (Å²) in [4.78, 5) is 18.1. The summed E-state index contributed by atoms with van der Waals surface area (Å²) in [5.74, 6) is 0.755. The molecule has 2 aliphatic rings. The normalized spacial score (nSPS) is 21.1. The molecule has 0 radical (unpaired) electrons. The molecule has 1 N–H and O–H groups in total. The van der Waals surface area contributed by atoms with Crippen LogP contribution in [-0.2, 0) is 20.4 Å². The van der Waals surface area contributed by atoms with Crippen LogP contribution in [0.3, 0.4) is 0 Å². The molecule has 9 heteroatoms. The summed E-state index contributed by atoms with van der Waals surface area (Å²) in [6.07, 6.45) is -2.00. The summed E-state index contributed by atoms with van der Waals surface area (Å²) in [6.45, 7) is 3.56. The Morgan fingerprint density at radius 1 is 1.31 bits per heavy atom. The molecule has 1 saturated heterocycles. The quantitative estimate of drug-likeness (QED) is 0.884. The summed E-state index contributed by atoms with van der Waals surface area (Å²) in [6, 6.07) is 2.23. The van der Waals surface area contributed by atoms with Crippen LogP contribution in [0.1, 0.15) is 25.3 Å². The third-order valence-electron chi connectivity index (χ3n) is 4.33. The van der Waals surface area contributed by atoms with Crippen LogP contribution in [0, 0.1) is 0 Å². The van der Waals surface area contributed by atoms with Gasteiger partial charge in [0.1, 0.15) is 24.8 Å². The standard InChI is InChI=1S/C17H20F3N3O3/c1-11-15(26-8-7-25-11)16(24)22-13-3-2-6-23(10-13)14-5-4-12(9-21-14)17(18,19)20/h4-5,9,13H,2-3,6-8,10H2,1H3,(H,22,24)/t13-/m0/s1. The van der Waals surface area contributed by atoms with Gasteiger partial charge in [-0.15, -0.1) is 0 Å². The van der Waals surface area contributed by atoms with E-state index in [1.165, 1.54) is 6.07 Å². The van der Waals surface area contributed by atoms with Crippen LogP contribution >= 0.6 is 0 Å². The van der Waals surface area contributed by atoms with Gasteiger partial charge in [-0.05, 0) is 31.9 Å². The summed E-state index contributed by atoms with van der Waals surface area (Å²) >= 11 is 0. The lowest BCUT2D eigenvalue weighted by Crippen LogP contribution is -2.48. The fraction of sp³-hybridized carbons (Fsp3) is 0.529. The molecule has 1 amide bonds. The van der Waals surface area contributed by atoms with Gasteiger partial charge in [0, 0.05) is 25.3 Å². The highest BCUT2D eigenvalue weighted by molar-refractivity contribution is 5.92. The number of amides is 1. The van der Waals surface area contributed by atoms with E-state index in [2.05, 4.69) is 10.3 Å². The average Bonchev–Trinajstić information content (AvgIpc) is 2.61. The zero-order chi connectivity index (χ0) is 18.7. The molecule has 0 unspecified atom stereocenters. The fourth-order valence-electron chi connectivity index (χ4n) is 3.03. The molecule has 2 aliphatic heterocycles. The molecule has 1 aromatic heterocycles. The minimum absolute atomic E-state index is 0.147. The van der Waals surface area contributed by atoms with Gasteiger partial charge in [0.15, 0.2) is 0 Å². The van der Waals surface area contributed by atoms with Crippen LogP contribution in [-0.4, -0.2) is 43.2 Å². The number of anilines is 1. The molecule has 142 valence electrons. The summed E-state index contributed by atoms with van der Waals surface area (Å²) in [5.41, 5.74) is -0.778. The van der Waals surface area contributed by atoms with Crippen LogP contribution in [0.5, 0.6) is 0 Å². The van der Waals surface area contributed by atoms with Crippen LogP contribution < -0.4 is 10.2 Å². The number of halogens is 3. The number of carbonyl (C=O) groups is 1. The van der Waals surface area contributed by atoms with Crippen LogP contribution in [0.4, 0.5) is 19.0 Å². The minimum atomic E-state index is -4.41. The van der Waals surface area contributed by atoms with E-state index in [0.29, 0.717) is 37.9 Å². The Bertz CT molecular complexity index is 689. The Hall–Kier alpha value is -2.45. The first kappa shape index (κ1) is 18.3. The van der Waals surface area contributed by atoms with Crippen molar-refractivity contribution < 1.29 is 27.4 Å². The minimum Gasteiger partial charge on any atom is -0.491 e. The molecular formula is C17H20F3N3O3. The molecule has 3 rings (SSSR count). The van der Waals surface area contributed by atoms with Crippen molar-refractivity contribution >= 4 is 11.7 Å². The van der Waals surface area contributed by atoms with Crippen molar-refractivity contribution in [3.05, 3.63) is 35.4 Å². The zero-order valence-corrected chi connectivity index (χ0v) is 14.3. The lowest BCUT2D eigenvalue weighted by atomic mass is 10.1. The van der Waals surface area contributed by atoms with Gasteiger partial charge in [0.25, 0.3) is 5.91 Å². The third-order valence-corrected chi connectivity index (χ3v) is 4.33. The SMILES string of the molecule is CC1=C(C(=O)N[C@H]2CCCN(c3ccc(C(F)(F)F)cn3)C2)OCCO1. The van der Waals surface area contributed by atoms with E-state index in [-0.39, 0.29) is 17.7 Å². The Labute approximate surface area is 149 Å². The smallest absolute Gasteiger partial charge is 0.417 e. The van der Waals surface area contributed by atoms with E-state index in [1.807, 2.05) is 4.90 Å². The second-order valence-electron chi connectivity index (χ2n) is 6.24. The zero-order valence-electron chi connectivity index (χ0n) is 14.3. The first-order chi connectivity index (χ1) is 12.3. The fourth-order valence-corrected chi connectivity index (χ4v) is 3.03. The second-order valence-corrected chi connectivity index (χ2v) is 6.24. The largest absolute Gasteiger partial charge is 0.491 e. The molecule has 6 nitrogen and oxygen atoms in total. The number of pyridine rings is 1. The summed E-state index contributed by atoms with van der Waals surface area (Å²) in [7, 11) is 0. The molecular weight excluding hydrogens is 351 g/mol. The van der Waals surface area contributed by atoms with Crippen LogP contribution in [0.25, 0.3) is 0 Å². The van der Waals surface area contributed by atoms with Crippen LogP contribution in [0.2, 0.25) is 0 Å². The van der Waals surface area contributed by atoms with Gasteiger partial charge in [-0.25, -0.2) is 4.98 Å². The maximum absolute atomic E-state index is 12.6. The average molecular weight is 371 g/mol. The molecule has 0 saturated carbocycles. The van der Waals surface area contributed by atoms with E-state index in [0.717, 1.165) is 25.1 Å². The lowest BCUT2D eigenvalue weighted by molar-refractivity contribution is -0.137. The molecule has 0 bridgehead atoms.